The second-order valence-electron chi connectivity index (χ2n) is 5.80. The molecule has 12 heteroatoms. The molecular weight excluding hydrogens is 423 g/mol. The van der Waals surface area contributed by atoms with Crippen molar-refractivity contribution < 1.29 is 27.2 Å². The summed E-state index contributed by atoms with van der Waals surface area (Å²) in [6, 6.07) is 6.09. The molecule has 0 spiro atoms. The number of oxime groups is 1. The number of halogens is 3. The molecule has 0 radical (unpaired) electrons. The number of alkyl halides is 2. The van der Waals surface area contributed by atoms with Crippen molar-refractivity contribution in [2.45, 2.75) is 12.5 Å². The normalized spacial score (nSPS) is 12.7. The summed E-state index contributed by atoms with van der Waals surface area (Å²) in [5, 5.41) is 10.8. The van der Waals surface area contributed by atoms with Gasteiger partial charge in [-0.1, -0.05) is 5.16 Å². The largest absolute Gasteiger partial charge is 0.474 e. The summed E-state index contributed by atoms with van der Waals surface area (Å²) >= 11 is 0.864. The highest BCUT2D eigenvalue weighted by atomic mass is 32.1. The minimum absolute atomic E-state index is 0.0707. The number of aromatic nitrogens is 4. The van der Waals surface area contributed by atoms with Crippen LogP contribution in [0.25, 0.3) is 10.2 Å². The van der Waals surface area contributed by atoms with Crippen molar-refractivity contribution in [2.75, 3.05) is 7.11 Å². The van der Waals surface area contributed by atoms with E-state index in [1.165, 1.54) is 19.4 Å². The van der Waals surface area contributed by atoms with Crippen molar-refractivity contribution >= 4 is 27.8 Å². The predicted molar refractivity (Wildman–Crippen MR) is 100 cm³/mol. The third kappa shape index (κ3) is 4.08. The first-order valence-corrected chi connectivity index (χ1v) is 9.20. The van der Waals surface area contributed by atoms with Gasteiger partial charge in [0.1, 0.15) is 18.7 Å². The maximum Gasteiger partial charge on any atom is 0.289 e. The van der Waals surface area contributed by atoms with Gasteiger partial charge < -0.3 is 14.0 Å². The van der Waals surface area contributed by atoms with E-state index in [9.17, 15) is 13.2 Å². The topological polar surface area (TPSA) is 95.5 Å². The predicted octanol–water partition coefficient (Wildman–Crippen LogP) is 4.30. The molecule has 0 aliphatic rings. The number of fused-ring (bicyclic) bond motifs is 1. The van der Waals surface area contributed by atoms with E-state index in [2.05, 4.69) is 30.2 Å². The van der Waals surface area contributed by atoms with E-state index >= 15 is 0 Å². The third-order valence-corrected chi connectivity index (χ3v) is 4.92. The molecule has 30 heavy (non-hydrogen) atoms. The molecule has 3 heterocycles. The van der Waals surface area contributed by atoms with Gasteiger partial charge in [0, 0.05) is 5.56 Å². The molecule has 0 aliphatic heterocycles. The van der Waals surface area contributed by atoms with Gasteiger partial charge in [-0.3, -0.25) is 4.98 Å². The fourth-order valence-corrected chi connectivity index (χ4v) is 3.43. The van der Waals surface area contributed by atoms with Gasteiger partial charge in [-0.05, 0) is 24.3 Å². The summed E-state index contributed by atoms with van der Waals surface area (Å²) in [4.78, 5) is 12.5. The van der Waals surface area contributed by atoms with Crippen molar-refractivity contribution in [3.05, 3.63) is 64.8 Å². The van der Waals surface area contributed by atoms with Crippen LogP contribution in [0.4, 0.5) is 13.2 Å². The molecule has 8 nitrogen and oxygen atoms in total. The molecule has 1 aromatic carbocycles. The summed E-state index contributed by atoms with van der Waals surface area (Å²) in [7, 11) is 1.33. The van der Waals surface area contributed by atoms with Crippen LogP contribution < -0.4 is 4.74 Å². The molecule has 1 atom stereocenters. The molecular formula is C18H12F3N5O3S. The number of thiazole rings is 1. The monoisotopic (exact) mass is 435 g/mol. The smallest absolute Gasteiger partial charge is 0.289 e. The van der Waals surface area contributed by atoms with E-state index in [4.69, 9.17) is 9.15 Å². The maximum atomic E-state index is 14.0. The average molecular weight is 435 g/mol. The summed E-state index contributed by atoms with van der Waals surface area (Å²) in [6.07, 6.45) is -0.346. The number of pyridine rings is 1. The number of hydrogen-bond acceptors (Lipinski definition) is 9. The van der Waals surface area contributed by atoms with Crippen LogP contribution in [0, 0.1) is 5.82 Å². The first kappa shape index (κ1) is 19.8. The minimum Gasteiger partial charge on any atom is -0.474 e. The Morgan fingerprint density at radius 2 is 2.13 bits per heavy atom. The number of hydrogen-bond donors (Lipinski definition) is 0. The number of benzene rings is 1. The molecule has 4 rings (SSSR count). The highest BCUT2D eigenvalue weighted by Gasteiger charge is 2.25. The van der Waals surface area contributed by atoms with E-state index in [1.807, 2.05) is 0 Å². The van der Waals surface area contributed by atoms with Crippen LogP contribution in [0.5, 0.6) is 5.75 Å². The lowest BCUT2D eigenvalue weighted by molar-refractivity contribution is 0.151. The van der Waals surface area contributed by atoms with Gasteiger partial charge in [0.2, 0.25) is 12.5 Å². The van der Waals surface area contributed by atoms with Gasteiger partial charge >= 0.3 is 0 Å². The van der Waals surface area contributed by atoms with Crippen molar-refractivity contribution in [3.8, 4) is 5.75 Å². The van der Waals surface area contributed by atoms with E-state index in [1.54, 1.807) is 18.2 Å². The molecule has 154 valence electrons. The first-order valence-electron chi connectivity index (χ1n) is 8.38. The molecule has 0 fully saturated rings. The molecule has 0 bridgehead atoms. The van der Waals surface area contributed by atoms with E-state index < -0.39 is 18.3 Å². The van der Waals surface area contributed by atoms with Crippen LogP contribution in [0.3, 0.4) is 0 Å². The molecule has 0 amide bonds. The number of ether oxygens (including phenoxy) is 1. The highest BCUT2D eigenvalue weighted by Crippen LogP contribution is 2.33. The molecule has 0 N–H and O–H groups in total. The average Bonchev–Trinajstić information content (AvgIpc) is 3.41. The Labute approximate surface area is 171 Å². The van der Waals surface area contributed by atoms with Crippen molar-refractivity contribution in [3.63, 3.8) is 0 Å². The second kappa shape index (κ2) is 8.45. The molecule has 4 aromatic rings. The summed E-state index contributed by atoms with van der Waals surface area (Å²) in [5.41, 5.74) is 0.792. The van der Waals surface area contributed by atoms with Gasteiger partial charge in [0.05, 0.1) is 28.3 Å². The Hall–Kier alpha value is -3.54. The molecule has 0 saturated heterocycles. The standard InChI is InChI=1S/C18H12F3N5O3S/c1-27-24-6-9-4-13(22-7-11(9)19)15(17-26-23-8-28-17)29-10-2-3-12-14(5-10)30-18(25-12)16(20)21/h2-8,15-16H,1H3/b24-6+. The zero-order valence-corrected chi connectivity index (χ0v) is 16.0. The Morgan fingerprint density at radius 3 is 2.87 bits per heavy atom. The van der Waals surface area contributed by atoms with Crippen LogP contribution in [-0.2, 0) is 4.84 Å². The molecule has 0 saturated carbocycles. The minimum atomic E-state index is -2.66. The lowest BCUT2D eigenvalue weighted by Gasteiger charge is -2.16. The maximum absolute atomic E-state index is 14.0. The quantitative estimate of drug-likeness (QED) is 0.315. The van der Waals surface area contributed by atoms with Crippen LogP contribution in [0.2, 0.25) is 0 Å². The zero-order valence-electron chi connectivity index (χ0n) is 15.2. The van der Waals surface area contributed by atoms with Crippen molar-refractivity contribution in [1.82, 2.24) is 20.2 Å². The third-order valence-electron chi connectivity index (χ3n) is 3.89. The Kier molecular flexibility index (Phi) is 5.57. The van der Waals surface area contributed by atoms with E-state index in [0.717, 1.165) is 23.9 Å². The van der Waals surface area contributed by atoms with Crippen molar-refractivity contribution in [2.24, 2.45) is 5.16 Å². The first-order chi connectivity index (χ1) is 14.5. The zero-order chi connectivity index (χ0) is 21.1. The Morgan fingerprint density at radius 1 is 1.27 bits per heavy atom. The fourth-order valence-electron chi connectivity index (χ4n) is 2.58. The van der Waals surface area contributed by atoms with Crippen LogP contribution >= 0.6 is 11.3 Å². The van der Waals surface area contributed by atoms with Gasteiger partial charge in [0.15, 0.2) is 5.01 Å². The summed E-state index contributed by atoms with van der Waals surface area (Å²) < 4.78 is 51.6. The number of rotatable bonds is 7. The van der Waals surface area contributed by atoms with E-state index in [0.29, 0.717) is 16.0 Å². The van der Waals surface area contributed by atoms with Gasteiger partial charge in [0.25, 0.3) is 12.3 Å². The highest BCUT2D eigenvalue weighted by molar-refractivity contribution is 7.18. The summed E-state index contributed by atoms with van der Waals surface area (Å²) in [6.45, 7) is 0. The second-order valence-corrected chi connectivity index (χ2v) is 6.87. The van der Waals surface area contributed by atoms with Crippen LogP contribution in [-0.4, -0.2) is 33.5 Å². The van der Waals surface area contributed by atoms with Gasteiger partial charge in [-0.15, -0.1) is 21.5 Å². The Balaban J connectivity index is 1.71. The Bertz CT molecular complexity index is 1180. The van der Waals surface area contributed by atoms with Crippen LogP contribution in [0.15, 0.2) is 46.4 Å². The lowest BCUT2D eigenvalue weighted by Crippen LogP contribution is -2.13. The van der Waals surface area contributed by atoms with E-state index in [-0.39, 0.29) is 22.2 Å². The summed E-state index contributed by atoms with van der Waals surface area (Å²) in [5.74, 6) is -0.218. The number of nitrogens with zero attached hydrogens (tertiary/aromatic N) is 5. The lowest BCUT2D eigenvalue weighted by atomic mass is 10.1. The van der Waals surface area contributed by atoms with Crippen LogP contribution in [0.1, 0.15) is 34.7 Å². The van der Waals surface area contributed by atoms with Gasteiger partial charge in [-0.2, -0.15) is 0 Å². The van der Waals surface area contributed by atoms with Crippen molar-refractivity contribution in [1.29, 1.82) is 0 Å². The molecule has 3 aromatic heterocycles. The molecule has 0 aliphatic carbocycles. The molecule has 1 unspecified atom stereocenters. The van der Waals surface area contributed by atoms with Gasteiger partial charge in [-0.25, -0.2) is 18.2 Å². The fraction of sp³-hybridized carbons (Fsp3) is 0.167. The SMILES string of the molecule is CO/N=C/c1cc(C(Oc2ccc3nc(C(F)F)sc3c2)c2nnco2)ncc1F.